The van der Waals surface area contributed by atoms with E-state index in [4.69, 9.17) is 26.5 Å². The van der Waals surface area contributed by atoms with Crippen molar-refractivity contribution in [2.75, 3.05) is 13.1 Å². The summed E-state index contributed by atoms with van der Waals surface area (Å²) in [5.74, 6) is 0.470. The molecular formula is C23H30ClN5O3S. The highest BCUT2D eigenvalue weighted by Gasteiger charge is 2.27. The second kappa shape index (κ2) is 10.6. The SMILES string of the molecule is CC(C)Oc1ccc(-c2nnc(N=CC3CCN(C(=O)OC(C)(C)C)CCC3=N)s2)cc1Cl. The predicted octanol–water partition coefficient (Wildman–Crippen LogP) is 6.01. The number of rotatable bonds is 5. The molecule has 2 heterocycles. The molecule has 0 saturated carbocycles. The number of carbonyl (C=O) groups is 1. The first-order chi connectivity index (χ1) is 15.5. The lowest BCUT2D eigenvalue weighted by atomic mass is 10.00. The molecule has 1 aromatic carbocycles. The maximum Gasteiger partial charge on any atom is 0.410 e. The highest BCUT2D eigenvalue weighted by Crippen LogP contribution is 2.34. The second-order valence-corrected chi connectivity index (χ2v) is 10.5. The third kappa shape index (κ3) is 7.23. The van der Waals surface area contributed by atoms with Gasteiger partial charge in [0, 0.05) is 42.9 Å². The van der Waals surface area contributed by atoms with Crippen LogP contribution in [0.1, 0.15) is 47.5 Å². The van der Waals surface area contributed by atoms with Gasteiger partial charge in [0.1, 0.15) is 16.4 Å². The summed E-state index contributed by atoms with van der Waals surface area (Å²) in [6, 6.07) is 5.52. The molecule has 0 spiro atoms. The van der Waals surface area contributed by atoms with E-state index in [2.05, 4.69) is 15.2 Å². The minimum absolute atomic E-state index is 0.0368. The number of aliphatic imine (C=N–C) groups is 1. The van der Waals surface area contributed by atoms with Crippen molar-refractivity contribution in [1.29, 1.82) is 5.41 Å². The Balaban J connectivity index is 1.64. The third-order valence-electron chi connectivity index (χ3n) is 4.78. The van der Waals surface area contributed by atoms with Crippen LogP contribution in [0.25, 0.3) is 10.6 Å². The summed E-state index contributed by atoms with van der Waals surface area (Å²) in [6.45, 7) is 10.4. The van der Waals surface area contributed by atoms with Crippen LogP contribution in [0.4, 0.5) is 9.93 Å². The quantitative estimate of drug-likeness (QED) is 0.515. The van der Waals surface area contributed by atoms with Crippen molar-refractivity contribution in [3.05, 3.63) is 23.2 Å². The zero-order valence-electron chi connectivity index (χ0n) is 19.6. The van der Waals surface area contributed by atoms with Crippen LogP contribution in [0.15, 0.2) is 23.2 Å². The molecule has 1 aliphatic heterocycles. The van der Waals surface area contributed by atoms with E-state index in [1.54, 1.807) is 17.2 Å². The van der Waals surface area contributed by atoms with Gasteiger partial charge in [-0.2, -0.15) is 0 Å². The Hall–Kier alpha value is -2.52. The maximum atomic E-state index is 12.4. The monoisotopic (exact) mass is 491 g/mol. The van der Waals surface area contributed by atoms with Gasteiger partial charge in [-0.15, -0.1) is 10.2 Å². The molecule has 2 aromatic rings. The molecule has 0 aliphatic carbocycles. The number of carbonyl (C=O) groups excluding carboxylic acids is 1. The largest absolute Gasteiger partial charge is 0.489 e. The fourth-order valence-corrected chi connectivity index (χ4v) is 4.14. The standard InChI is InChI=1S/C23H30ClN5O3S/c1-14(2)31-19-7-6-15(12-17(19)24)20-27-28-21(33-20)26-13-16-8-10-29(11-9-18(16)25)22(30)32-23(3,4)5/h6-7,12-14,16,25H,8-11H2,1-5H3. The highest BCUT2D eigenvalue weighted by atomic mass is 35.5. The number of halogens is 1. The molecule has 178 valence electrons. The van der Waals surface area contributed by atoms with E-state index >= 15 is 0 Å². The van der Waals surface area contributed by atoms with Gasteiger partial charge in [-0.05, 0) is 59.2 Å². The smallest absolute Gasteiger partial charge is 0.410 e. The Morgan fingerprint density at radius 1 is 1.33 bits per heavy atom. The average Bonchev–Trinajstić information content (AvgIpc) is 3.10. The van der Waals surface area contributed by atoms with E-state index in [0.29, 0.717) is 52.6 Å². The summed E-state index contributed by atoms with van der Waals surface area (Å²) in [5, 5.41) is 18.5. The van der Waals surface area contributed by atoms with Crippen molar-refractivity contribution in [1.82, 2.24) is 15.1 Å². The zero-order chi connectivity index (χ0) is 24.2. The number of nitrogens with one attached hydrogen (secondary N) is 1. The van der Waals surface area contributed by atoms with Crippen molar-refractivity contribution < 1.29 is 14.3 Å². The fourth-order valence-electron chi connectivity index (χ4n) is 3.22. The summed E-state index contributed by atoms with van der Waals surface area (Å²) in [7, 11) is 0. The Kier molecular flexibility index (Phi) is 8.07. The molecule has 10 heteroatoms. The molecule has 1 saturated heterocycles. The molecular weight excluding hydrogens is 462 g/mol. The minimum Gasteiger partial charge on any atom is -0.489 e. The lowest BCUT2D eigenvalue weighted by Gasteiger charge is -2.26. The molecule has 1 atom stereocenters. The lowest BCUT2D eigenvalue weighted by molar-refractivity contribution is 0.0258. The Morgan fingerprint density at radius 3 is 2.76 bits per heavy atom. The van der Waals surface area contributed by atoms with E-state index in [-0.39, 0.29) is 18.1 Å². The second-order valence-electron chi connectivity index (χ2n) is 9.12. The number of amides is 1. The predicted molar refractivity (Wildman–Crippen MR) is 133 cm³/mol. The molecule has 1 unspecified atom stereocenters. The van der Waals surface area contributed by atoms with E-state index in [1.165, 1.54) is 11.3 Å². The Morgan fingerprint density at radius 2 is 2.09 bits per heavy atom. The van der Waals surface area contributed by atoms with Gasteiger partial charge in [-0.3, -0.25) is 0 Å². The molecule has 1 N–H and O–H groups in total. The van der Waals surface area contributed by atoms with Gasteiger partial charge < -0.3 is 19.8 Å². The molecule has 1 amide bonds. The number of ether oxygens (including phenoxy) is 2. The fraction of sp³-hybridized carbons (Fsp3) is 0.522. The van der Waals surface area contributed by atoms with Crippen LogP contribution >= 0.6 is 22.9 Å². The summed E-state index contributed by atoms with van der Waals surface area (Å²) in [6.07, 6.45) is 2.53. The normalized spacial score (nSPS) is 17.5. The van der Waals surface area contributed by atoms with Crippen molar-refractivity contribution in [2.45, 2.75) is 59.2 Å². The zero-order valence-corrected chi connectivity index (χ0v) is 21.2. The van der Waals surface area contributed by atoms with Crippen LogP contribution in [0.2, 0.25) is 5.02 Å². The summed E-state index contributed by atoms with van der Waals surface area (Å²) < 4.78 is 11.1. The Labute approximate surface area is 203 Å². The molecule has 0 bridgehead atoms. The minimum atomic E-state index is -0.542. The number of hydrogen-bond donors (Lipinski definition) is 1. The van der Waals surface area contributed by atoms with Gasteiger partial charge in [-0.25, -0.2) is 9.79 Å². The van der Waals surface area contributed by atoms with Crippen LogP contribution in [-0.2, 0) is 4.74 Å². The Bertz CT molecular complexity index is 1030. The topological polar surface area (TPSA) is 101 Å². The summed E-state index contributed by atoms with van der Waals surface area (Å²) in [5.41, 5.74) is 0.839. The molecule has 1 fully saturated rings. The van der Waals surface area contributed by atoms with Gasteiger partial charge in [0.15, 0.2) is 0 Å². The van der Waals surface area contributed by atoms with Crippen LogP contribution in [0.3, 0.4) is 0 Å². The maximum absolute atomic E-state index is 12.4. The van der Waals surface area contributed by atoms with Crippen molar-refractivity contribution in [3.8, 4) is 16.3 Å². The summed E-state index contributed by atoms with van der Waals surface area (Å²) in [4.78, 5) is 18.5. The van der Waals surface area contributed by atoms with Crippen LogP contribution in [0, 0.1) is 11.3 Å². The van der Waals surface area contributed by atoms with E-state index < -0.39 is 5.60 Å². The van der Waals surface area contributed by atoms with Gasteiger partial charge in [0.05, 0.1) is 11.1 Å². The average molecular weight is 492 g/mol. The first kappa shape index (κ1) is 25.1. The number of hydrogen-bond acceptors (Lipinski definition) is 8. The van der Waals surface area contributed by atoms with Crippen LogP contribution < -0.4 is 4.74 Å². The number of likely N-dealkylation sites (tertiary alicyclic amines) is 1. The van der Waals surface area contributed by atoms with Crippen molar-refractivity contribution in [2.24, 2.45) is 10.9 Å². The molecule has 1 aliphatic rings. The van der Waals surface area contributed by atoms with Crippen LogP contribution in [0.5, 0.6) is 5.75 Å². The van der Waals surface area contributed by atoms with Gasteiger partial charge in [-0.1, -0.05) is 22.9 Å². The number of benzene rings is 1. The van der Waals surface area contributed by atoms with Crippen LogP contribution in [-0.4, -0.2) is 57.9 Å². The van der Waals surface area contributed by atoms with E-state index in [1.807, 2.05) is 46.8 Å². The molecule has 3 rings (SSSR count). The van der Waals surface area contributed by atoms with E-state index in [9.17, 15) is 4.79 Å². The molecule has 0 radical (unpaired) electrons. The van der Waals surface area contributed by atoms with E-state index in [0.717, 1.165) is 5.56 Å². The number of aromatic nitrogens is 2. The van der Waals surface area contributed by atoms with Crippen molar-refractivity contribution in [3.63, 3.8) is 0 Å². The lowest BCUT2D eigenvalue weighted by Crippen LogP contribution is -2.37. The van der Waals surface area contributed by atoms with Crippen molar-refractivity contribution >= 4 is 46.1 Å². The first-order valence-corrected chi connectivity index (χ1v) is 12.1. The molecule has 1 aromatic heterocycles. The molecule has 8 nitrogen and oxygen atoms in total. The highest BCUT2D eigenvalue weighted by molar-refractivity contribution is 7.18. The molecule has 33 heavy (non-hydrogen) atoms. The number of nitrogens with zero attached hydrogens (tertiary/aromatic N) is 4. The first-order valence-electron chi connectivity index (χ1n) is 10.9. The summed E-state index contributed by atoms with van der Waals surface area (Å²) >= 11 is 7.68. The third-order valence-corrected chi connectivity index (χ3v) is 5.96. The van der Waals surface area contributed by atoms with Gasteiger partial charge in [0.25, 0.3) is 0 Å². The van der Waals surface area contributed by atoms with Gasteiger partial charge >= 0.3 is 6.09 Å². The van der Waals surface area contributed by atoms with Gasteiger partial charge in [0.2, 0.25) is 5.13 Å².